The summed E-state index contributed by atoms with van der Waals surface area (Å²) in [6, 6.07) is 8.98. The highest BCUT2D eigenvalue weighted by Gasteiger charge is 2.46. The van der Waals surface area contributed by atoms with Gasteiger partial charge in [-0.25, -0.2) is 0 Å². The molecule has 4 heteroatoms. The zero-order valence-corrected chi connectivity index (χ0v) is 12.4. The van der Waals surface area contributed by atoms with Gasteiger partial charge in [0, 0.05) is 24.2 Å². The highest BCUT2D eigenvalue weighted by molar-refractivity contribution is 8.00. The number of rotatable bonds is 2. The molecule has 2 aliphatic rings. The highest BCUT2D eigenvalue weighted by Crippen LogP contribution is 2.48. The number of nitrogens with one attached hydrogen (secondary N) is 1. The van der Waals surface area contributed by atoms with Crippen LogP contribution in [0.15, 0.2) is 24.3 Å². The van der Waals surface area contributed by atoms with E-state index >= 15 is 0 Å². The molecule has 1 aromatic carbocycles. The van der Waals surface area contributed by atoms with Crippen molar-refractivity contribution < 1.29 is 0 Å². The first-order valence-electron chi connectivity index (χ1n) is 6.58. The van der Waals surface area contributed by atoms with E-state index in [0.29, 0.717) is 12.0 Å². The summed E-state index contributed by atoms with van der Waals surface area (Å²) in [7, 11) is 2.19. The molecule has 2 nitrogen and oxygen atoms in total. The summed E-state index contributed by atoms with van der Waals surface area (Å²) in [6.45, 7) is 2.10. The predicted molar refractivity (Wildman–Crippen MR) is 84.0 cm³/mol. The van der Waals surface area contributed by atoms with Gasteiger partial charge in [-0.05, 0) is 38.1 Å². The molecule has 1 N–H and O–H groups in total. The topological polar surface area (TPSA) is 15.3 Å². The first kappa shape index (κ1) is 12.7. The molecular weight excluding hydrogens is 260 g/mol. The van der Waals surface area contributed by atoms with Crippen LogP contribution in [-0.4, -0.2) is 35.2 Å². The Hall–Kier alpha value is -0.320. The lowest BCUT2D eigenvalue weighted by Gasteiger charge is -2.39. The molecule has 0 amide bonds. The minimum absolute atomic E-state index is 0.273. The lowest BCUT2D eigenvalue weighted by molar-refractivity contribution is 0.281. The van der Waals surface area contributed by atoms with E-state index in [-0.39, 0.29) is 4.08 Å². The van der Waals surface area contributed by atoms with Gasteiger partial charge in [0.05, 0.1) is 4.08 Å². The summed E-state index contributed by atoms with van der Waals surface area (Å²) >= 11 is 9.89. The van der Waals surface area contributed by atoms with E-state index in [1.165, 1.54) is 24.1 Å². The van der Waals surface area contributed by atoms with E-state index in [0.717, 1.165) is 13.1 Å². The van der Waals surface area contributed by atoms with Crippen molar-refractivity contribution in [2.45, 2.75) is 28.9 Å². The number of para-hydroxylation sites is 1. The lowest BCUT2D eigenvalue weighted by atomic mass is 9.91. The van der Waals surface area contributed by atoms with Crippen molar-refractivity contribution in [2.75, 3.05) is 25.5 Å². The monoisotopic (exact) mass is 280 g/mol. The molecule has 3 rings (SSSR count). The summed E-state index contributed by atoms with van der Waals surface area (Å²) in [5.74, 6) is 0.367. The third-order valence-corrected chi connectivity index (χ3v) is 5.58. The highest BCUT2D eigenvalue weighted by atomic mass is 32.2. The van der Waals surface area contributed by atoms with E-state index in [4.69, 9.17) is 25.3 Å². The van der Waals surface area contributed by atoms with Gasteiger partial charge in [-0.2, -0.15) is 25.3 Å². The first-order chi connectivity index (χ1) is 8.60. The number of thiol groups is 2. The number of fused-ring (bicyclic) bond motifs is 1. The number of likely N-dealkylation sites (tertiary alicyclic amines) is 1. The Morgan fingerprint density at radius 3 is 2.83 bits per heavy atom. The van der Waals surface area contributed by atoms with E-state index in [1.807, 2.05) is 0 Å². The molecule has 2 unspecified atom stereocenters. The van der Waals surface area contributed by atoms with Crippen LogP contribution < -0.4 is 5.32 Å². The Bertz CT molecular complexity index is 447. The zero-order chi connectivity index (χ0) is 12.8. The second kappa shape index (κ2) is 4.66. The normalized spacial score (nSPS) is 28.2. The third kappa shape index (κ3) is 1.95. The standard InChI is InChI=1S/C14H20N2S2/c1-16-8-4-7-13(16)14(17,18)11-9-15-12-6-3-2-5-10(11)12/h2-3,5-6,11,13,15,17-18H,4,7-9H2,1H3. The van der Waals surface area contributed by atoms with Crippen LogP contribution in [0.25, 0.3) is 0 Å². The van der Waals surface area contributed by atoms with Gasteiger partial charge in [0.25, 0.3) is 0 Å². The Labute approximate surface area is 120 Å². The van der Waals surface area contributed by atoms with E-state index in [1.54, 1.807) is 0 Å². The first-order valence-corrected chi connectivity index (χ1v) is 7.48. The van der Waals surface area contributed by atoms with Gasteiger partial charge >= 0.3 is 0 Å². The number of hydrogen-bond acceptors (Lipinski definition) is 4. The molecule has 0 spiro atoms. The van der Waals surface area contributed by atoms with Crippen LogP contribution in [0.5, 0.6) is 0 Å². The quantitative estimate of drug-likeness (QED) is 0.570. The van der Waals surface area contributed by atoms with Crippen molar-refractivity contribution in [3.63, 3.8) is 0 Å². The van der Waals surface area contributed by atoms with Gasteiger partial charge in [0.2, 0.25) is 0 Å². The maximum absolute atomic E-state index is 4.94. The summed E-state index contributed by atoms with van der Waals surface area (Å²) in [6.07, 6.45) is 2.45. The second-order valence-corrected chi connectivity index (χ2v) is 7.28. The fraction of sp³-hybridized carbons (Fsp3) is 0.571. The molecule has 0 radical (unpaired) electrons. The van der Waals surface area contributed by atoms with Gasteiger partial charge in [0.1, 0.15) is 0 Å². The zero-order valence-electron chi connectivity index (χ0n) is 10.6. The Morgan fingerprint density at radius 2 is 2.11 bits per heavy atom. The number of hydrogen-bond donors (Lipinski definition) is 3. The van der Waals surface area contributed by atoms with Gasteiger partial charge in [0.15, 0.2) is 0 Å². The van der Waals surface area contributed by atoms with E-state index < -0.39 is 0 Å². The fourth-order valence-electron chi connectivity index (χ4n) is 3.34. The molecule has 1 fully saturated rings. The van der Waals surface area contributed by atoms with Crippen molar-refractivity contribution in [1.82, 2.24) is 4.90 Å². The van der Waals surface area contributed by atoms with Crippen molar-refractivity contribution in [1.29, 1.82) is 0 Å². The minimum Gasteiger partial charge on any atom is -0.384 e. The molecule has 1 saturated heterocycles. The van der Waals surface area contributed by atoms with Crippen LogP contribution in [-0.2, 0) is 0 Å². The molecular formula is C14H20N2S2. The van der Waals surface area contributed by atoms with Gasteiger partial charge in [-0.3, -0.25) is 0 Å². The van der Waals surface area contributed by atoms with Gasteiger partial charge < -0.3 is 10.2 Å². The summed E-state index contributed by atoms with van der Waals surface area (Å²) in [5.41, 5.74) is 2.61. The Kier molecular flexibility index (Phi) is 3.28. The van der Waals surface area contributed by atoms with Gasteiger partial charge in [-0.1, -0.05) is 18.2 Å². The number of nitrogens with zero attached hydrogens (tertiary/aromatic N) is 1. The van der Waals surface area contributed by atoms with E-state index in [2.05, 4.69) is 41.5 Å². The van der Waals surface area contributed by atoms with Crippen LogP contribution in [0.2, 0.25) is 0 Å². The average Bonchev–Trinajstić information content (AvgIpc) is 2.95. The molecule has 2 heterocycles. The summed E-state index contributed by atoms with van der Waals surface area (Å²) in [4.78, 5) is 2.40. The summed E-state index contributed by atoms with van der Waals surface area (Å²) < 4.78 is -0.273. The SMILES string of the molecule is CN1CCCC1C(S)(S)C1CNc2ccccc21. The molecule has 0 bridgehead atoms. The van der Waals surface area contributed by atoms with Crippen LogP contribution in [0, 0.1) is 0 Å². The fourth-order valence-corrected chi connectivity index (χ4v) is 4.46. The van der Waals surface area contributed by atoms with Crippen molar-refractivity contribution in [3.8, 4) is 0 Å². The molecule has 2 aliphatic heterocycles. The van der Waals surface area contributed by atoms with Crippen molar-refractivity contribution in [2.24, 2.45) is 0 Å². The van der Waals surface area contributed by atoms with Crippen LogP contribution in [0.3, 0.4) is 0 Å². The van der Waals surface area contributed by atoms with Crippen molar-refractivity contribution in [3.05, 3.63) is 29.8 Å². The largest absolute Gasteiger partial charge is 0.384 e. The maximum atomic E-state index is 4.94. The lowest BCUT2D eigenvalue weighted by Crippen LogP contribution is -2.45. The smallest absolute Gasteiger partial charge is 0.0792 e. The second-order valence-electron chi connectivity index (χ2n) is 5.44. The molecule has 0 aliphatic carbocycles. The molecule has 18 heavy (non-hydrogen) atoms. The van der Waals surface area contributed by atoms with E-state index in [9.17, 15) is 0 Å². The molecule has 0 aromatic heterocycles. The molecule has 2 atom stereocenters. The molecule has 0 saturated carbocycles. The number of anilines is 1. The van der Waals surface area contributed by atoms with Crippen molar-refractivity contribution >= 4 is 30.9 Å². The minimum atomic E-state index is -0.273. The average molecular weight is 280 g/mol. The maximum Gasteiger partial charge on any atom is 0.0792 e. The number of benzene rings is 1. The Balaban J connectivity index is 1.91. The van der Waals surface area contributed by atoms with Crippen LogP contribution in [0.1, 0.15) is 24.3 Å². The van der Waals surface area contributed by atoms with Crippen LogP contribution in [0.4, 0.5) is 5.69 Å². The third-order valence-electron chi connectivity index (χ3n) is 4.36. The Morgan fingerprint density at radius 1 is 1.33 bits per heavy atom. The molecule has 1 aromatic rings. The molecule has 98 valence electrons. The predicted octanol–water partition coefficient (Wildman–Crippen LogP) is 2.85. The van der Waals surface area contributed by atoms with Gasteiger partial charge in [-0.15, -0.1) is 0 Å². The van der Waals surface area contributed by atoms with Crippen LogP contribution >= 0.6 is 25.3 Å². The summed E-state index contributed by atoms with van der Waals surface area (Å²) in [5, 5.41) is 3.48.